The third kappa shape index (κ3) is 3.80. The average Bonchev–Trinajstić information content (AvgIpc) is 2.87. The van der Waals surface area contributed by atoms with E-state index in [4.69, 9.17) is 10.8 Å². The average molecular weight is 297 g/mol. The molecule has 114 valence electrons. The van der Waals surface area contributed by atoms with Gasteiger partial charge in [0.1, 0.15) is 0 Å². The standard InChI is InChI=1S/C15H27N3OS/c1-3-13(16)15(14-5-4-12(2)20-14)18-8-6-17(7-9-18)10-11-19/h4-5,13,15,19H,3,6-11,16H2,1-2H3. The van der Waals surface area contributed by atoms with Crippen LogP contribution in [0.25, 0.3) is 0 Å². The van der Waals surface area contributed by atoms with Gasteiger partial charge in [0, 0.05) is 48.5 Å². The fourth-order valence-corrected chi connectivity index (χ4v) is 3.99. The summed E-state index contributed by atoms with van der Waals surface area (Å²) in [4.78, 5) is 7.59. The van der Waals surface area contributed by atoms with Gasteiger partial charge in [-0.05, 0) is 25.5 Å². The third-order valence-corrected chi connectivity index (χ3v) is 5.22. The van der Waals surface area contributed by atoms with Gasteiger partial charge < -0.3 is 10.8 Å². The number of hydrogen-bond donors (Lipinski definition) is 2. The molecule has 3 N–H and O–H groups in total. The Kier molecular flexibility index (Phi) is 5.99. The van der Waals surface area contributed by atoms with E-state index in [1.807, 2.05) is 11.3 Å². The van der Waals surface area contributed by atoms with E-state index < -0.39 is 0 Å². The van der Waals surface area contributed by atoms with Gasteiger partial charge in [0.15, 0.2) is 0 Å². The van der Waals surface area contributed by atoms with Gasteiger partial charge in [-0.15, -0.1) is 11.3 Å². The molecule has 1 fully saturated rings. The van der Waals surface area contributed by atoms with Crippen molar-refractivity contribution in [3.63, 3.8) is 0 Å². The number of aliphatic hydroxyl groups is 1. The normalized spacial score (nSPS) is 21.0. The lowest BCUT2D eigenvalue weighted by molar-refractivity contribution is 0.0746. The Hall–Kier alpha value is -0.460. The largest absolute Gasteiger partial charge is 0.395 e. The molecule has 2 heterocycles. The van der Waals surface area contributed by atoms with Gasteiger partial charge in [-0.3, -0.25) is 9.80 Å². The first-order chi connectivity index (χ1) is 9.65. The molecule has 0 aliphatic carbocycles. The van der Waals surface area contributed by atoms with Gasteiger partial charge in [0.05, 0.1) is 12.6 Å². The maximum Gasteiger partial charge on any atom is 0.0594 e. The van der Waals surface area contributed by atoms with Crippen LogP contribution in [-0.4, -0.2) is 60.3 Å². The van der Waals surface area contributed by atoms with Crippen molar-refractivity contribution in [1.82, 2.24) is 9.80 Å². The Balaban J connectivity index is 2.05. The number of thiophene rings is 1. The number of rotatable bonds is 6. The number of nitrogens with two attached hydrogens (primary N) is 1. The molecule has 0 bridgehead atoms. The van der Waals surface area contributed by atoms with Crippen LogP contribution in [0, 0.1) is 6.92 Å². The summed E-state index contributed by atoms with van der Waals surface area (Å²) in [6.45, 7) is 9.49. The molecule has 0 aromatic carbocycles. The SMILES string of the molecule is CCC(N)C(c1ccc(C)s1)N1CCN(CCO)CC1. The Morgan fingerprint density at radius 1 is 1.30 bits per heavy atom. The lowest BCUT2D eigenvalue weighted by atomic mass is 10.0. The van der Waals surface area contributed by atoms with Crippen molar-refractivity contribution in [3.8, 4) is 0 Å². The molecule has 1 saturated heterocycles. The van der Waals surface area contributed by atoms with E-state index in [0.29, 0.717) is 6.04 Å². The van der Waals surface area contributed by atoms with Gasteiger partial charge in [0.25, 0.3) is 0 Å². The van der Waals surface area contributed by atoms with Crippen LogP contribution in [0.1, 0.15) is 29.1 Å². The highest BCUT2D eigenvalue weighted by atomic mass is 32.1. The van der Waals surface area contributed by atoms with Gasteiger partial charge in [0.2, 0.25) is 0 Å². The van der Waals surface area contributed by atoms with E-state index in [1.165, 1.54) is 9.75 Å². The van der Waals surface area contributed by atoms with Crippen LogP contribution in [0.4, 0.5) is 0 Å². The maximum atomic E-state index is 9.03. The fourth-order valence-electron chi connectivity index (χ4n) is 2.90. The smallest absolute Gasteiger partial charge is 0.0594 e. The molecule has 1 aromatic heterocycles. The molecule has 1 aliphatic rings. The molecule has 2 unspecified atom stereocenters. The van der Waals surface area contributed by atoms with Crippen LogP contribution in [0.3, 0.4) is 0 Å². The molecule has 0 spiro atoms. The van der Waals surface area contributed by atoms with Crippen molar-refractivity contribution < 1.29 is 5.11 Å². The summed E-state index contributed by atoms with van der Waals surface area (Å²) in [5, 5.41) is 9.03. The van der Waals surface area contributed by atoms with E-state index >= 15 is 0 Å². The van der Waals surface area contributed by atoms with Gasteiger partial charge in [-0.2, -0.15) is 0 Å². The molecular formula is C15H27N3OS. The van der Waals surface area contributed by atoms with Gasteiger partial charge in [-0.25, -0.2) is 0 Å². The number of β-amino-alcohol motifs (C(OH)–C–C–N with tert-alkyl or cyclic N) is 1. The molecule has 1 aromatic rings. The quantitative estimate of drug-likeness (QED) is 0.834. The van der Waals surface area contributed by atoms with E-state index in [1.54, 1.807) is 0 Å². The van der Waals surface area contributed by atoms with E-state index in [-0.39, 0.29) is 12.6 Å². The number of aliphatic hydroxyl groups excluding tert-OH is 1. The molecule has 20 heavy (non-hydrogen) atoms. The highest BCUT2D eigenvalue weighted by Crippen LogP contribution is 2.31. The van der Waals surface area contributed by atoms with Crippen molar-refractivity contribution in [2.24, 2.45) is 5.73 Å². The second-order valence-electron chi connectivity index (χ2n) is 5.57. The van der Waals surface area contributed by atoms with Crippen molar-refractivity contribution in [2.45, 2.75) is 32.4 Å². The van der Waals surface area contributed by atoms with Gasteiger partial charge >= 0.3 is 0 Å². The first-order valence-electron chi connectivity index (χ1n) is 7.55. The molecule has 0 amide bonds. The lowest BCUT2D eigenvalue weighted by Crippen LogP contribution is -2.51. The van der Waals surface area contributed by atoms with Gasteiger partial charge in [-0.1, -0.05) is 6.92 Å². The number of aryl methyl sites for hydroxylation is 1. The summed E-state index contributed by atoms with van der Waals surface area (Å²) in [5.74, 6) is 0. The predicted octanol–water partition coefficient (Wildman–Crippen LogP) is 1.44. The van der Waals surface area contributed by atoms with Crippen LogP contribution in [-0.2, 0) is 0 Å². The Morgan fingerprint density at radius 2 is 2.00 bits per heavy atom. The zero-order valence-electron chi connectivity index (χ0n) is 12.6. The second kappa shape index (κ2) is 7.52. The molecule has 5 heteroatoms. The minimum absolute atomic E-state index is 0.192. The molecule has 1 aliphatic heterocycles. The second-order valence-corrected chi connectivity index (χ2v) is 6.89. The summed E-state index contributed by atoms with van der Waals surface area (Å²) < 4.78 is 0. The minimum Gasteiger partial charge on any atom is -0.395 e. The predicted molar refractivity (Wildman–Crippen MR) is 85.2 cm³/mol. The molecule has 0 radical (unpaired) electrons. The minimum atomic E-state index is 0.192. The van der Waals surface area contributed by atoms with Crippen molar-refractivity contribution >= 4 is 11.3 Å². The lowest BCUT2D eigenvalue weighted by Gasteiger charge is -2.40. The van der Waals surface area contributed by atoms with E-state index in [2.05, 4.69) is 35.8 Å². The monoisotopic (exact) mass is 297 g/mol. The van der Waals surface area contributed by atoms with Crippen molar-refractivity contribution in [3.05, 3.63) is 21.9 Å². The van der Waals surface area contributed by atoms with Crippen LogP contribution in [0.2, 0.25) is 0 Å². The molecule has 2 atom stereocenters. The summed E-state index contributed by atoms with van der Waals surface area (Å²) in [7, 11) is 0. The maximum absolute atomic E-state index is 9.03. The van der Waals surface area contributed by atoms with E-state index in [0.717, 1.165) is 39.1 Å². The first kappa shape index (κ1) is 15.9. The topological polar surface area (TPSA) is 52.7 Å². The summed E-state index contributed by atoms with van der Waals surface area (Å²) in [5.41, 5.74) is 6.39. The Labute approximate surface area is 126 Å². The van der Waals surface area contributed by atoms with Crippen molar-refractivity contribution in [1.29, 1.82) is 0 Å². The van der Waals surface area contributed by atoms with Crippen LogP contribution in [0.5, 0.6) is 0 Å². The molecule has 4 nitrogen and oxygen atoms in total. The summed E-state index contributed by atoms with van der Waals surface area (Å²) in [6, 6.07) is 4.96. The molecule has 2 rings (SSSR count). The number of hydrogen-bond acceptors (Lipinski definition) is 5. The van der Waals surface area contributed by atoms with E-state index in [9.17, 15) is 0 Å². The zero-order valence-corrected chi connectivity index (χ0v) is 13.4. The number of nitrogens with zero attached hydrogens (tertiary/aromatic N) is 2. The number of piperazine rings is 1. The van der Waals surface area contributed by atoms with Crippen molar-refractivity contribution in [2.75, 3.05) is 39.3 Å². The fraction of sp³-hybridized carbons (Fsp3) is 0.733. The third-order valence-electron chi connectivity index (χ3n) is 4.15. The Morgan fingerprint density at radius 3 is 2.50 bits per heavy atom. The van der Waals surface area contributed by atoms with Crippen LogP contribution < -0.4 is 5.73 Å². The highest BCUT2D eigenvalue weighted by molar-refractivity contribution is 7.12. The molecular weight excluding hydrogens is 270 g/mol. The molecule has 0 saturated carbocycles. The summed E-state index contributed by atoms with van der Waals surface area (Å²) >= 11 is 1.87. The van der Waals surface area contributed by atoms with Crippen LogP contribution >= 0.6 is 11.3 Å². The summed E-state index contributed by atoms with van der Waals surface area (Å²) in [6.07, 6.45) is 0.998. The zero-order chi connectivity index (χ0) is 14.5. The van der Waals surface area contributed by atoms with Crippen LogP contribution in [0.15, 0.2) is 12.1 Å². The highest BCUT2D eigenvalue weighted by Gasteiger charge is 2.29. The first-order valence-corrected chi connectivity index (χ1v) is 8.36. The Bertz CT molecular complexity index is 402.